The summed E-state index contributed by atoms with van der Waals surface area (Å²) < 4.78 is 0. The summed E-state index contributed by atoms with van der Waals surface area (Å²) in [5, 5.41) is 5.72. The molecule has 1 aromatic rings. The van der Waals surface area contributed by atoms with E-state index in [1.807, 2.05) is 6.07 Å². The van der Waals surface area contributed by atoms with Gasteiger partial charge < -0.3 is 11.1 Å². The van der Waals surface area contributed by atoms with Crippen molar-refractivity contribution < 1.29 is 9.59 Å². The molecule has 0 saturated heterocycles. The fraction of sp³-hybridized carbons (Fsp3) is 0.429. The van der Waals surface area contributed by atoms with E-state index in [4.69, 9.17) is 5.73 Å². The molecule has 0 aromatic heterocycles. The van der Waals surface area contributed by atoms with Gasteiger partial charge in [0.15, 0.2) is 0 Å². The van der Waals surface area contributed by atoms with Gasteiger partial charge in [-0.3, -0.25) is 14.9 Å². The van der Waals surface area contributed by atoms with E-state index in [0.717, 1.165) is 31.4 Å². The molecule has 0 spiro atoms. The van der Waals surface area contributed by atoms with Gasteiger partial charge in [0, 0.05) is 17.8 Å². The van der Waals surface area contributed by atoms with Gasteiger partial charge in [0.05, 0.1) is 11.1 Å². The molecule has 5 heteroatoms. The number of rotatable bonds is 2. The van der Waals surface area contributed by atoms with Crippen LogP contribution < -0.4 is 16.4 Å². The molecule has 0 radical (unpaired) electrons. The quantitative estimate of drug-likeness (QED) is 0.698. The van der Waals surface area contributed by atoms with Crippen molar-refractivity contribution >= 4 is 17.5 Å². The molecular formula is C14H17N3O2. The second-order valence-electron chi connectivity index (χ2n) is 5.30. The van der Waals surface area contributed by atoms with E-state index in [1.165, 1.54) is 0 Å². The fourth-order valence-corrected chi connectivity index (χ4v) is 2.76. The standard InChI is InChI=1S/C14H17N3O2/c15-8-1-3-9(4-2-8)16-10-5-6-11-12(7-10)14(19)17-13(11)18/h5-9,16H,1-4,15H2,(H,17,18,19). The largest absolute Gasteiger partial charge is 0.382 e. The van der Waals surface area contributed by atoms with Crippen LogP contribution in [0.25, 0.3) is 0 Å². The van der Waals surface area contributed by atoms with Gasteiger partial charge in [-0.2, -0.15) is 0 Å². The van der Waals surface area contributed by atoms with E-state index in [9.17, 15) is 9.59 Å². The van der Waals surface area contributed by atoms with E-state index in [2.05, 4.69) is 10.6 Å². The van der Waals surface area contributed by atoms with Crippen LogP contribution in [0.2, 0.25) is 0 Å². The number of anilines is 1. The molecule has 1 aliphatic carbocycles. The Morgan fingerprint density at radius 2 is 1.74 bits per heavy atom. The Balaban J connectivity index is 1.75. The third-order valence-electron chi connectivity index (χ3n) is 3.88. The smallest absolute Gasteiger partial charge is 0.259 e. The molecule has 1 heterocycles. The molecule has 0 unspecified atom stereocenters. The zero-order valence-corrected chi connectivity index (χ0v) is 10.6. The van der Waals surface area contributed by atoms with Crippen LogP contribution in [0.5, 0.6) is 0 Å². The first-order chi connectivity index (χ1) is 9.13. The van der Waals surface area contributed by atoms with Crippen molar-refractivity contribution in [1.29, 1.82) is 0 Å². The summed E-state index contributed by atoms with van der Waals surface area (Å²) in [6, 6.07) is 6.03. The normalized spacial score (nSPS) is 25.9. The second kappa shape index (κ2) is 4.66. The Morgan fingerprint density at radius 1 is 1.05 bits per heavy atom. The number of hydrogen-bond acceptors (Lipinski definition) is 4. The summed E-state index contributed by atoms with van der Waals surface area (Å²) in [5.41, 5.74) is 7.69. The highest BCUT2D eigenvalue weighted by atomic mass is 16.2. The van der Waals surface area contributed by atoms with Crippen LogP contribution in [0, 0.1) is 0 Å². The molecule has 1 aliphatic heterocycles. The second-order valence-corrected chi connectivity index (χ2v) is 5.30. The first-order valence-corrected chi connectivity index (χ1v) is 6.65. The van der Waals surface area contributed by atoms with E-state index >= 15 is 0 Å². The van der Waals surface area contributed by atoms with Crippen molar-refractivity contribution in [3.8, 4) is 0 Å². The van der Waals surface area contributed by atoms with Crippen molar-refractivity contribution in [2.24, 2.45) is 5.73 Å². The lowest BCUT2D eigenvalue weighted by molar-refractivity contribution is 0.0879. The molecule has 4 N–H and O–H groups in total. The zero-order chi connectivity index (χ0) is 13.4. The van der Waals surface area contributed by atoms with Gasteiger partial charge >= 0.3 is 0 Å². The highest BCUT2D eigenvalue weighted by Gasteiger charge is 2.27. The molecular weight excluding hydrogens is 242 g/mol. The predicted molar refractivity (Wildman–Crippen MR) is 72.1 cm³/mol. The molecule has 3 rings (SSSR count). The number of benzene rings is 1. The lowest BCUT2D eigenvalue weighted by atomic mass is 9.91. The number of nitrogens with one attached hydrogen (secondary N) is 2. The van der Waals surface area contributed by atoms with E-state index in [1.54, 1.807) is 12.1 Å². The summed E-state index contributed by atoms with van der Waals surface area (Å²) in [4.78, 5) is 23.0. The van der Waals surface area contributed by atoms with Crippen LogP contribution in [-0.4, -0.2) is 23.9 Å². The Hall–Kier alpha value is -1.88. The molecule has 0 atom stereocenters. The topological polar surface area (TPSA) is 84.2 Å². The molecule has 100 valence electrons. The van der Waals surface area contributed by atoms with Crippen molar-refractivity contribution in [1.82, 2.24) is 5.32 Å². The molecule has 2 amide bonds. The molecule has 1 saturated carbocycles. The monoisotopic (exact) mass is 259 g/mol. The van der Waals surface area contributed by atoms with Gasteiger partial charge in [-0.05, 0) is 43.9 Å². The van der Waals surface area contributed by atoms with E-state index < -0.39 is 0 Å². The maximum absolute atomic E-state index is 11.6. The van der Waals surface area contributed by atoms with Crippen molar-refractivity contribution in [2.75, 3.05) is 5.32 Å². The Labute approximate surface area is 111 Å². The molecule has 5 nitrogen and oxygen atoms in total. The molecule has 2 aliphatic rings. The minimum Gasteiger partial charge on any atom is -0.382 e. The van der Waals surface area contributed by atoms with E-state index in [-0.39, 0.29) is 11.8 Å². The van der Waals surface area contributed by atoms with E-state index in [0.29, 0.717) is 23.2 Å². The Morgan fingerprint density at radius 3 is 2.47 bits per heavy atom. The lowest BCUT2D eigenvalue weighted by Gasteiger charge is -2.27. The van der Waals surface area contributed by atoms with Crippen LogP contribution in [0.3, 0.4) is 0 Å². The summed E-state index contributed by atoms with van der Waals surface area (Å²) >= 11 is 0. The SMILES string of the molecule is NC1CCC(Nc2ccc3c(c2)C(=O)NC3=O)CC1. The van der Waals surface area contributed by atoms with Gasteiger partial charge in [0.25, 0.3) is 11.8 Å². The third kappa shape index (κ3) is 2.33. The maximum atomic E-state index is 11.6. The lowest BCUT2D eigenvalue weighted by Crippen LogP contribution is -2.32. The summed E-state index contributed by atoms with van der Waals surface area (Å²) in [6.07, 6.45) is 4.15. The number of carbonyl (C=O) groups is 2. The first-order valence-electron chi connectivity index (χ1n) is 6.65. The zero-order valence-electron chi connectivity index (χ0n) is 10.6. The average Bonchev–Trinajstić information content (AvgIpc) is 2.68. The van der Waals surface area contributed by atoms with Gasteiger partial charge in [-0.1, -0.05) is 0 Å². The average molecular weight is 259 g/mol. The maximum Gasteiger partial charge on any atom is 0.259 e. The number of imide groups is 1. The summed E-state index contributed by atoms with van der Waals surface area (Å²) in [5.74, 6) is -0.621. The Bertz CT molecular complexity index is 533. The number of carbonyl (C=O) groups excluding carboxylic acids is 2. The van der Waals surface area contributed by atoms with Crippen LogP contribution in [0.4, 0.5) is 5.69 Å². The summed E-state index contributed by atoms with van der Waals surface area (Å²) in [7, 11) is 0. The van der Waals surface area contributed by atoms with Gasteiger partial charge in [0.2, 0.25) is 0 Å². The molecule has 19 heavy (non-hydrogen) atoms. The van der Waals surface area contributed by atoms with Crippen molar-refractivity contribution in [3.05, 3.63) is 29.3 Å². The van der Waals surface area contributed by atoms with Gasteiger partial charge in [-0.15, -0.1) is 0 Å². The number of hydrogen-bond donors (Lipinski definition) is 3. The molecule has 1 fully saturated rings. The minimum absolute atomic E-state index is 0.310. The summed E-state index contributed by atoms with van der Waals surface area (Å²) in [6.45, 7) is 0. The number of amides is 2. The third-order valence-corrected chi connectivity index (χ3v) is 3.88. The van der Waals surface area contributed by atoms with Crippen LogP contribution in [0.15, 0.2) is 18.2 Å². The van der Waals surface area contributed by atoms with Crippen LogP contribution >= 0.6 is 0 Å². The number of fused-ring (bicyclic) bond motifs is 1. The fourth-order valence-electron chi connectivity index (χ4n) is 2.76. The van der Waals surface area contributed by atoms with Gasteiger partial charge in [0.1, 0.15) is 0 Å². The van der Waals surface area contributed by atoms with Crippen LogP contribution in [0.1, 0.15) is 46.4 Å². The highest BCUT2D eigenvalue weighted by molar-refractivity contribution is 6.21. The molecule has 0 bridgehead atoms. The molecule has 1 aromatic carbocycles. The van der Waals surface area contributed by atoms with Crippen molar-refractivity contribution in [3.63, 3.8) is 0 Å². The van der Waals surface area contributed by atoms with Gasteiger partial charge in [-0.25, -0.2) is 0 Å². The highest BCUT2D eigenvalue weighted by Crippen LogP contribution is 2.24. The minimum atomic E-state index is -0.311. The number of nitrogens with two attached hydrogens (primary N) is 1. The van der Waals surface area contributed by atoms with Crippen molar-refractivity contribution in [2.45, 2.75) is 37.8 Å². The first kappa shape index (κ1) is 12.2. The Kier molecular flexibility index (Phi) is 2.98. The van der Waals surface area contributed by atoms with Crippen LogP contribution in [-0.2, 0) is 0 Å². The predicted octanol–water partition coefficient (Wildman–Crippen LogP) is 1.25.